The van der Waals surface area contributed by atoms with E-state index < -0.39 is 0 Å². The summed E-state index contributed by atoms with van der Waals surface area (Å²) in [5, 5.41) is 3.71. The summed E-state index contributed by atoms with van der Waals surface area (Å²) in [5.74, 6) is 5.50. The first kappa shape index (κ1) is 21.8. The normalized spacial score (nSPS) is 15.0. The zero-order valence-electron chi connectivity index (χ0n) is 15.7. The number of amides is 3. The number of piperazine rings is 1. The van der Waals surface area contributed by atoms with Crippen LogP contribution in [0.5, 0.6) is 0 Å². The van der Waals surface area contributed by atoms with E-state index in [1.165, 1.54) is 19.1 Å². The van der Waals surface area contributed by atoms with Gasteiger partial charge in [0.2, 0.25) is 5.91 Å². The van der Waals surface area contributed by atoms with Gasteiger partial charge >= 0.3 is 6.03 Å². The number of rotatable bonds is 3. The highest BCUT2D eigenvalue weighted by molar-refractivity contribution is 6.42. The molecule has 0 radical (unpaired) electrons. The van der Waals surface area contributed by atoms with E-state index in [9.17, 15) is 14.4 Å². The molecular formula is C20H21Cl2N3O3. The Morgan fingerprint density at radius 3 is 2.32 bits per heavy atom. The summed E-state index contributed by atoms with van der Waals surface area (Å²) in [5.41, 5.74) is 0.709. The molecule has 1 aliphatic heterocycles. The van der Waals surface area contributed by atoms with Gasteiger partial charge in [0.1, 0.15) is 0 Å². The van der Waals surface area contributed by atoms with Crippen LogP contribution in [-0.2, 0) is 9.59 Å². The Morgan fingerprint density at radius 2 is 1.71 bits per heavy atom. The van der Waals surface area contributed by atoms with Crippen LogP contribution >= 0.6 is 23.2 Å². The van der Waals surface area contributed by atoms with Crippen LogP contribution in [0.25, 0.3) is 0 Å². The van der Waals surface area contributed by atoms with Crippen LogP contribution in [0, 0.1) is 11.8 Å². The third-order valence-electron chi connectivity index (χ3n) is 4.03. The van der Waals surface area contributed by atoms with Crippen LogP contribution in [0.4, 0.5) is 4.79 Å². The maximum absolute atomic E-state index is 12.4. The monoisotopic (exact) mass is 421 g/mol. The lowest BCUT2D eigenvalue weighted by molar-refractivity contribution is -0.127. The summed E-state index contributed by atoms with van der Waals surface area (Å²) in [6.45, 7) is 4.83. The Kier molecular flexibility index (Phi) is 7.91. The van der Waals surface area contributed by atoms with Crippen LogP contribution in [0.15, 0.2) is 30.4 Å². The Morgan fingerprint density at radius 1 is 1.07 bits per heavy atom. The van der Waals surface area contributed by atoms with Crippen molar-refractivity contribution in [3.8, 4) is 11.8 Å². The van der Waals surface area contributed by atoms with Crippen molar-refractivity contribution in [1.29, 1.82) is 0 Å². The van der Waals surface area contributed by atoms with Crippen molar-refractivity contribution >= 4 is 40.9 Å². The van der Waals surface area contributed by atoms with Crippen LogP contribution in [0.1, 0.15) is 19.4 Å². The molecule has 0 saturated carbocycles. The molecule has 1 aromatic rings. The van der Waals surface area contributed by atoms with Crippen LogP contribution < -0.4 is 5.32 Å². The lowest BCUT2D eigenvalue weighted by Gasteiger charge is -2.34. The van der Waals surface area contributed by atoms with Crippen molar-refractivity contribution in [3.63, 3.8) is 0 Å². The molecule has 6 nitrogen and oxygen atoms in total. The fraction of sp³-hybridized carbons (Fsp3) is 0.350. The van der Waals surface area contributed by atoms with E-state index in [0.29, 0.717) is 41.8 Å². The van der Waals surface area contributed by atoms with Gasteiger partial charge in [-0.05, 0) is 38.1 Å². The number of urea groups is 1. The molecule has 0 aliphatic carbocycles. The number of carbonyl (C=O) groups excluding carboxylic acids is 3. The van der Waals surface area contributed by atoms with Gasteiger partial charge in [0.15, 0.2) is 5.78 Å². The number of benzene rings is 1. The minimum absolute atomic E-state index is 0.178. The van der Waals surface area contributed by atoms with Crippen molar-refractivity contribution in [1.82, 2.24) is 15.1 Å². The molecule has 0 aromatic heterocycles. The van der Waals surface area contributed by atoms with Crippen LogP contribution in [0.2, 0.25) is 10.0 Å². The van der Waals surface area contributed by atoms with Crippen molar-refractivity contribution in [2.45, 2.75) is 19.9 Å². The molecule has 3 amide bonds. The van der Waals surface area contributed by atoms with Gasteiger partial charge in [-0.1, -0.05) is 35.0 Å². The molecule has 1 saturated heterocycles. The lowest BCUT2D eigenvalue weighted by atomic mass is 10.2. The van der Waals surface area contributed by atoms with E-state index in [1.807, 2.05) is 0 Å². The highest BCUT2D eigenvalue weighted by atomic mass is 35.5. The second-order valence-electron chi connectivity index (χ2n) is 6.33. The number of ketones is 1. The third-order valence-corrected chi connectivity index (χ3v) is 4.77. The average molecular weight is 422 g/mol. The minimum atomic E-state index is -0.361. The molecule has 1 atom stereocenters. The summed E-state index contributed by atoms with van der Waals surface area (Å²) < 4.78 is 0. The predicted molar refractivity (Wildman–Crippen MR) is 109 cm³/mol. The molecular weight excluding hydrogens is 401 g/mol. The molecule has 0 spiro atoms. The molecule has 8 heteroatoms. The summed E-state index contributed by atoms with van der Waals surface area (Å²) >= 11 is 11.8. The summed E-state index contributed by atoms with van der Waals surface area (Å²) in [4.78, 5) is 38.5. The first-order chi connectivity index (χ1) is 13.3. The smallest absolute Gasteiger partial charge is 0.318 e. The zero-order chi connectivity index (χ0) is 20.7. The predicted octanol–water partition coefficient (Wildman–Crippen LogP) is 2.73. The number of nitrogens with zero attached hydrogens (tertiary/aromatic N) is 2. The Balaban J connectivity index is 1.84. The second kappa shape index (κ2) is 10.2. The maximum Gasteiger partial charge on any atom is 0.318 e. The zero-order valence-corrected chi connectivity index (χ0v) is 17.2. The molecule has 2 rings (SSSR count). The van der Waals surface area contributed by atoms with E-state index in [1.54, 1.807) is 34.9 Å². The minimum Gasteiger partial charge on any atom is -0.336 e. The van der Waals surface area contributed by atoms with Crippen molar-refractivity contribution in [3.05, 3.63) is 46.0 Å². The maximum atomic E-state index is 12.4. The van der Waals surface area contributed by atoms with Crippen LogP contribution in [-0.4, -0.2) is 59.7 Å². The van der Waals surface area contributed by atoms with Gasteiger partial charge < -0.3 is 15.1 Å². The molecule has 1 aromatic carbocycles. The molecule has 1 fully saturated rings. The van der Waals surface area contributed by atoms with E-state index in [2.05, 4.69) is 17.2 Å². The molecule has 1 unspecified atom stereocenters. The molecule has 148 valence electrons. The third kappa shape index (κ3) is 6.59. The number of nitrogens with one attached hydrogen (secondary N) is 1. The van der Waals surface area contributed by atoms with Gasteiger partial charge in [-0.25, -0.2) is 4.79 Å². The first-order valence-corrected chi connectivity index (χ1v) is 9.51. The topological polar surface area (TPSA) is 69.7 Å². The quantitative estimate of drug-likeness (QED) is 0.602. The van der Waals surface area contributed by atoms with Gasteiger partial charge in [0.05, 0.1) is 16.1 Å². The van der Waals surface area contributed by atoms with Crippen molar-refractivity contribution < 1.29 is 14.4 Å². The van der Waals surface area contributed by atoms with E-state index >= 15 is 0 Å². The Hall–Kier alpha value is -2.49. The van der Waals surface area contributed by atoms with Crippen LogP contribution in [0.3, 0.4) is 0 Å². The number of carbonyl (C=O) groups is 3. The lowest BCUT2D eigenvalue weighted by Crippen LogP contribution is -2.54. The van der Waals surface area contributed by atoms with Gasteiger partial charge in [-0.3, -0.25) is 9.59 Å². The van der Waals surface area contributed by atoms with Crippen molar-refractivity contribution in [2.75, 3.05) is 26.2 Å². The molecule has 0 bridgehead atoms. The van der Waals surface area contributed by atoms with E-state index in [-0.39, 0.29) is 23.8 Å². The Labute approximate surface area is 174 Å². The number of hydrogen-bond donors (Lipinski definition) is 1. The molecule has 1 aliphatic rings. The highest BCUT2D eigenvalue weighted by Gasteiger charge is 2.23. The number of hydrogen-bond acceptors (Lipinski definition) is 3. The molecule has 1 heterocycles. The number of allylic oxidation sites excluding steroid dienone is 1. The average Bonchev–Trinajstić information content (AvgIpc) is 2.67. The molecule has 28 heavy (non-hydrogen) atoms. The standard InChI is InChI=1S/C20H21Cl2N3O3/c1-14(3-5-16-6-7-17(21)18(22)13-16)23-20(28)25-11-9-24(10-12-25)19(27)8-4-15(2)26/h4,6-8,13-14H,9-12H2,1-2H3,(H,23,28)/b8-4+. The summed E-state index contributed by atoms with van der Waals surface area (Å²) in [7, 11) is 0. The SMILES string of the molecule is CC(=O)/C=C/C(=O)N1CCN(C(=O)NC(C)C#Cc2ccc(Cl)c(Cl)c2)CC1. The first-order valence-electron chi connectivity index (χ1n) is 8.76. The summed E-state index contributed by atoms with van der Waals surface area (Å²) in [6.07, 6.45) is 2.51. The highest BCUT2D eigenvalue weighted by Crippen LogP contribution is 2.22. The molecule has 1 N–H and O–H groups in total. The largest absolute Gasteiger partial charge is 0.336 e. The Bertz CT molecular complexity index is 850. The van der Waals surface area contributed by atoms with Gasteiger partial charge in [-0.15, -0.1) is 0 Å². The summed E-state index contributed by atoms with van der Waals surface area (Å²) in [6, 6.07) is 4.50. The van der Waals surface area contributed by atoms with Crippen molar-refractivity contribution in [2.24, 2.45) is 0 Å². The van der Waals surface area contributed by atoms with E-state index in [4.69, 9.17) is 23.2 Å². The fourth-order valence-electron chi connectivity index (χ4n) is 2.50. The van der Waals surface area contributed by atoms with Gasteiger partial charge in [0.25, 0.3) is 0 Å². The van der Waals surface area contributed by atoms with Gasteiger partial charge in [-0.2, -0.15) is 0 Å². The van der Waals surface area contributed by atoms with Gasteiger partial charge in [0, 0.05) is 37.8 Å². The number of halogens is 2. The fourth-order valence-corrected chi connectivity index (χ4v) is 2.80. The second-order valence-corrected chi connectivity index (χ2v) is 7.14. The van der Waals surface area contributed by atoms with E-state index in [0.717, 1.165) is 0 Å².